The molecule has 0 aliphatic heterocycles. The molecule has 1 aromatic carbocycles. The van der Waals surface area contributed by atoms with Crippen LogP contribution in [0.25, 0.3) is 10.6 Å². The Labute approximate surface area is 104 Å². The van der Waals surface area contributed by atoms with Crippen LogP contribution in [0.2, 0.25) is 0 Å². The molecule has 0 aliphatic carbocycles. The summed E-state index contributed by atoms with van der Waals surface area (Å²) in [7, 11) is 0. The van der Waals surface area contributed by atoms with Crippen LogP contribution in [-0.2, 0) is 6.18 Å². The van der Waals surface area contributed by atoms with E-state index in [1.54, 1.807) is 0 Å². The number of benzene rings is 1. The van der Waals surface area contributed by atoms with Crippen LogP contribution in [0.5, 0.6) is 0 Å². The number of nitrogens with zero attached hydrogens (tertiary/aromatic N) is 1. The van der Waals surface area contributed by atoms with Crippen LogP contribution < -0.4 is 0 Å². The van der Waals surface area contributed by atoms with Crippen molar-refractivity contribution in [2.24, 2.45) is 0 Å². The van der Waals surface area contributed by atoms with Crippen molar-refractivity contribution in [1.82, 2.24) is 4.98 Å². The third kappa shape index (κ3) is 2.51. The number of thiazole rings is 1. The van der Waals surface area contributed by atoms with Gasteiger partial charge in [-0.25, -0.2) is 9.78 Å². The van der Waals surface area contributed by atoms with Crippen LogP contribution in [0.4, 0.5) is 13.2 Å². The number of alkyl halides is 3. The molecule has 2 rings (SSSR count). The van der Waals surface area contributed by atoms with Crippen LogP contribution in [-0.4, -0.2) is 16.1 Å². The number of aromatic carboxylic acids is 1. The molecular formula is C11H6F3NO2S. The maximum Gasteiger partial charge on any atom is 0.427 e. The largest absolute Gasteiger partial charge is 0.478 e. The maximum atomic E-state index is 12.4. The van der Waals surface area contributed by atoms with E-state index in [2.05, 4.69) is 4.98 Å². The van der Waals surface area contributed by atoms with Crippen molar-refractivity contribution < 1.29 is 23.1 Å². The van der Waals surface area contributed by atoms with E-state index in [0.29, 0.717) is 16.9 Å². The third-order valence-electron chi connectivity index (χ3n) is 2.16. The number of carboxylic acids is 1. The first kappa shape index (κ1) is 12.6. The molecule has 0 fully saturated rings. The lowest BCUT2D eigenvalue weighted by molar-refractivity contribution is -0.134. The molecule has 1 heterocycles. The smallest absolute Gasteiger partial charge is 0.427 e. The normalized spacial score (nSPS) is 11.5. The van der Waals surface area contributed by atoms with E-state index in [4.69, 9.17) is 5.11 Å². The first-order valence-corrected chi connectivity index (χ1v) is 5.56. The molecule has 3 nitrogen and oxygen atoms in total. The molecule has 0 saturated heterocycles. The summed E-state index contributed by atoms with van der Waals surface area (Å²) in [4.78, 5) is 13.5. The van der Waals surface area contributed by atoms with Gasteiger partial charge < -0.3 is 5.11 Å². The highest BCUT2D eigenvalue weighted by atomic mass is 32.1. The highest BCUT2D eigenvalue weighted by Crippen LogP contribution is 2.36. The fraction of sp³-hybridized carbons (Fsp3) is 0.0909. The molecule has 1 N–H and O–H groups in total. The Hall–Kier alpha value is -1.89. The first-order valence-electron chi connectivity index (χ1n) is 4.74. The average molecular weight is 273 g/mol. The molecule has 94 valence electrons. The van der Waals surface area contributed by atoms with Crippen LogP contribution in [0.1, 0.15) is 15.2 Å². The topological polar surface area (TPSA) is 50.2 Å². The van der Waals surface area contributed by atoms with Gasteiger partial charge in [0.1, 0.15) is 9.88 Å². The zero-order chi connectivity index (χ0) is 13.3. The summed E-state index contributed by atoms with van der Waals surface area (Å²) in [5, 5.41) is 8.90. The third-order valence-corrected chi connectivity index (χ3v) is 3.26. The molecule has 1 aromatic heterocycles. The van der Waals surface area contributed by atoms with Gasteiger partial charge in [0.15, 0.2) is 0 Å². The molecule has 7 heteroatoms. The van der Waals surface area contributed by atoms with E-state index >= 15 is 0 Å². The highest BCUT2D eigenvalue weighted by molar-refractivity contribution is 7.15. The van der Waals surface area contributed by atoms with E-state index in [9.17, 15) is 18.0 Å². The SMILES string of the molecule is O=C(O)c1ccc(-c2ncc(C(F)(F)F)s2)cc1. The molecule has 0 spiro atoms. The van der Waals surface area contributed by atoms with Gasteiger partial charge in [-0.2, -0.15) is 13.2 Å². The van der Waals surface area contributed by atoms with Gasteiger partial charge in [-0.1, -0.05) is 12.1 Å². The second-order valence-corrected chi connectivity index (χ2v) is 4.44. The van der Waals surface area contributed by atoms with E-state index in [1.165, 1.54) is 24.3 Å². The van der Waals surface area contributed by atoms with Crippen molar-refractivity contribution in [3.8, 4) is 10.6 Å². The monoisotopic (exact) mass is 273 g/mol. The van der Waals surface area contributed by atoms with Crippen LogP contribution >= 0.6 is 11.3 Å². The van der Waals surface area contributed by atoms with Crippen molar-refractivity contribution in [1.29, 1.82) is 0 Å². The lowest BCUT2D eigenvalue weighted by atomic mass is 10.1. The fourth-order valence-electron chi connectivity index (χ4n) is 1.29. The summed E-state index contributed by atoms with van der Waals surface area (Å²) in [5.74, 6) is -1.09. The lowest BCUT2D eigenvalue weighted by Gasteiger charge is -2.00. The van der Waals surface area contributed by atoms with Gasteiger partial charge in [-0.3, -0.25) is 0 Å². The van der Waals surface area contributed by atoms with Gasteiger partial charge in [0.2, 0.25) is 0 Å². The van der Waals surface area contributed by atoms with Crippen LogP contribution in [0.3, 0.4) is 0 Å². The minimum Gasteiger partial charge on any atom is -0.478 e. The van der Waals surface area contributed by atoms with Gasteiger partial charge in [0.25, 0.3) is 0 Å². The predicted octanol–water partition coefficient (Wildman–Crippen LogP) is 3.53. The van der Waals surface area contributed by atoms with Crippen molar-refractivity contribution >= 4 is 17.3 Å². The number of carboxylic acid groups (broad SMARTS) is 1. The van der Waals surface area contributed by atoms with Crippen LogP contribution in [0, 0.1) is 0 Å². The molecule has 0 radical (unpaired) electrons. The molecule has 0 bridgehead atoms. The number of aromatic nitrogens is 1. The quantitative estimate of drug-likeness (QED) is 0.910. The fourth-order valence-corrected chi connectivity index (χ4v) is 2.08. The van der Waals surface area contributed by atoms with Crippen molar-refractivity contribution in [2.45, 2.75) is 6.18 Å². The van der Waals surface area contributed by atoms with Gasteiger partial charge in [-0.05, 0) is 12.1 Å². The van der Waals surface area contributed by atoms with Crippen molar-refractivity contribution in [3.05, 3.63) is 40.9 Å². The molecule has 2 aromatic rings. The Bertz CT molecular complexity index is 575. The van der Waals surface area contributed by atoms with Crippen molar-refractivity contribution in [2.75, 3.05) is 0 Å². The molecule has 18 heavy (non-hydrogen) atoms. The van der Waals surface area contributed by atoms with E-state index in [-0.39, 0.29) is 10.6 Å². The highest BCUT2D eigenvalue weighted by Gasteiger charge is 2.33. The summed E-state index contributed by atoms with van der Waals surface area (Å²) in [6, 6.07) is 5.52. The Morgan fingerprint density at radius 2 is 1.83 bits per heavy atom. The van der Waals surface area contributed by atoms with E-state index in [0.717, 1.165) is 6.20 Å². The number of carbonyl (C=O) groups is 1. The summed E-state index contributed by atoms with van der Waals surface area (Å²) < 4.78 is 37.1. The minimum atomic E-state index is -4.41. The Morgan fingerprint density at radius 1 is 1.22 bits per heavy atom. The second kappa shape index (κ2) is 4.41. The molecular weight excluding hydrogens is 267 g/mol. The Morgan fingerprint density at radius 3 is 2.28 bits per heavy atom. The van der Waals surface area contributed by atoms with Crippen LogP contribution in [0.15, 0.2) is 30.5 Å². The number of rotatable bonds is 2. The predicted molar refractivity (Wildman–Crippen MR) is 59.5 cm³/mol. The zero-order valence-electron chi connectivity index (χ0n) is 8.73. The van der Waals surface area contributed by atoms with Gasteiger partial charge in [0, 0.05) is 5.56 Å². The van der Waals surface area contributed by atoms with E-state index in [1.807, 2.05) is 0 Å². The summed E-state index contributed by atoms with van der Waals surface area (Å²) in [5.41, 5.74) is 0.534. The van der Waals surface area contributed by atoms with Gasteiger partial charge >= 0.3 is 12.1 Å². The molecule has 0 saturated carbocycles. The second-order valence-electron chi connectivity index (χ2n) is 3.41. The average Bonchev–Trinajstić information content (AvgIpc) is 2.78. The summed E-state index contributed by atoms with van der Waals surface area (Å²) in [6.45, 7) is 0. The van der Waals surface area contributed by atoms with Gasteiger partial charge in [-0.15, -0.1) is 11.3 Å². The number of halogens is 3. The minimum absolute atomic E-state index is 0.0753. The van der Waals surface area contributed by atoms with E-state index < -0.39 is 17.0 Å². The molecule has 0 aliphatic rings. The molecule has 0 unspecified atom stereocenters. The summed E-state index contributed by atoms with van der Waals surface area (Å²) >= 11 is 0.524. The van der Waals surface area contributed by atoms with Crippen molar-refractivity contribution in [3.63, 3.8) is 0 Å². The summed E-state index contributed by atoms with van der Waals surface area (Å²) in [6.07, 6.45) is -3.64. The molecule has 0 amide bonds. The lowest BCUT2D eigenvalue weighted by Crippen LogP contribution is -2.00. The number of hydrogen-bond acceptors (Lipinski definition) is 3. The Balaban J connectivity index is 2.32. The zero-order valence-corrected chi connectivity index (χ0v) is 9.55. The standard InChI is InChI=1S/C11H6F3NO2S/c12-11(13,14)8-5-15-9(18-8)6-1-3-7(4-2-6)10(16)17/h1-5H,(H,16,17). The van der Waals surface area contributed by atoms with Gasteiger partial charge in [0.05, 0.1) is 11.8 Å². The number of hydrogen-bond donors (Lipinski definition) is 1. The molecule has 0 atom stereocenters. The Kier molecular flexibility index (Phi) is 3.08. The first-order chi connectivity index (χ1) is 8.38. The maximum absolute atomic E-state index is 12.4.